The summed E-state index contributed by atoms with van der Waals surface area (Å²) in [5.41, 5.74) is 5.17. The summed E-state index contributed by atoms with van der Waals surface area (Å²) in [4.78, 5) is 2.57. The van der Waals surface area contributed by atoms with Crippen LogP contribution in [0.25, 0.3) is 0 Å². The van der Waals surface area contributed by atoms with E-state index in [0.717, 1.165) is 5.92 Å². The normalized spacial score (nSPS) is 26.5. The average molecular weight is 347 g/mol. The Kier molecular flexibility index (Phi) is 4.24. The molecule has 26 heavy (non-hydrogen) atoms. The maximum atomic E-state index is 3.94. The van der Waals surface area contributed by atoms with E-state index in [0.29, 0.717) is 11.5 Å². The highest BCUT2D eigenvalue weighted by Crippen LogP contribution is 2.59. The molecule has 2 heteroatoms. The van der Waals surface area contributed by atoms with Crippen molar-refractivity contribution in [1.29, 1.82) is 0 Å². The number of benzene rings is 2. The Labute approximate surface area is 157 Å². The lowest BCUT2D eigenvalue weighted by atomic mass is 9.87. The maximum Gasteiger partial charge on any atom is 0.0366 e. The molecule has 2 nitrogen and oxygen atoms in total. The quantitative estimate of drug-likeness (QED) is 0.842. The van der Waals surface area contributed by atoms with Gasteiger partial charge in [0.15, 0.2) is 0 Å². The molecule has 1 spiro atoms. The third-order valence-corrected chi connectivity index (χ3v) is 7.22. The van der Waals surface area contributed by atoms with Gasteiger partial charge in [0.25, 0.3) is 0 Å². The number of anilines is 1. The van der Waals surface area contributed by atoms with Crippen molar-refractivity contribution in [3.05, 3.63) is 65.7 Å². The zero-order chi connectivity index (χ0) is 17.4. The van der Waals surface area contributed by atoms with E-state index in [1.165, 1.54) is 63.8 Å². The van der Waals surface area contributed by atoms with E-state index in [2.05, 4.69) is 64.8 Å². The van der Waals surface area contributed by atoms with Gasteiger partial charge < -0.3 is 10.2 Å². The summed E-state index contributed by atoms with van der Waals surface area (Å²) in [6, 6.07) is 20.6. The first-order valence-electron chi connectivity index (χ1n) is 10.5. The molecule has 0 radical (unpaired) electrons. The highest BCUT2D eigenvalue weighted by atomic mass is 15.1. The molecule has 2 atom stereocenters. The third-order valence-electron chi connectivity index (χ3n) is 7.22. The molecule has 5 rings (SSSR count). The van der Waals surface area contributed by atoms with Gasteiger partial charge in [-0.25, -0.2) is 0 Å². The number of para-hydroxylation sites is 1. The third kappa shape index (κ3) is 3.05. The van der Waals surface area contributed by atoms with E-state index in [1.54, 1.807) is 11.1 Å². The fourth-order valence-corrected chi connectivity index (χ4v) is 5.43. The van der Waals surface area contributed by atoms with Crippen LogP contribution in [0.2, 0.25) is 0 Å². The largest absolute Gasteiger partial charge is 0.371 e. The average Bonchev–Trinajstić information content (AvgIpc) is 3.39. The molecule has 2 aliphatic carbocycles. The van der Waals surface area contributed by atoms with E-state index in [1.807, 2.05) is 0 Å². The van der Waals surface area contributed by atoms with E-state index in [9.17, 15) is 0 Å². The van der Waals surface area contributed by atoms with Gasteiger partial charge in [0.05, 0.1) is 0 Å². The summed E-state index contributed by atoms with van der Waals surface area (Å²) in [5.74, 6) is 0.898. The number of nitrogens with one attached hydrogen (secondary N) is 1. The lowest BCUT2D eigenvalue weighted by Gasteiger charge is -2.35. The monoisotopic (exact) mass is 346 g/mol. The number of hydrogen-bond acceptors (Lipinski definition) is 2. The number of fused-ring (bicyclic) bond motifs is 1. The van der Waals surface area contributed by atoms with Crippen LogP contribution in [-0.2, 0) is 6.42 Å². The maximum absolute atomic E-state index is 3.94. The molecule has 1 aliphatic heterocycles. The second kappa shape index (κ2) is 6.74. The number of rotatable bonds is 4. The van der Waals surface area contributed by atoms with Crippen LogP contribution in [0.1, 0.15) is 49.3 Å². The Morgan fingerprint density at radius 2 is 1.73 bits per heavy atom. The van der Waals surface area contributed by atoms with Crippen LogP contribution in [0.4, 0.5) is 5.69 Å². The van der Waals surface area contributed by atoms with Crippen LogP contribution >= 0.6 is 0 Å². The van der Waals surface area contributed by atoms with Crippen molar-refractivity contribution >= 4 is 5.69 Å². The first-order chi connectivity index (χ1) is 12.8. The molecular weight excluding hydrogens is 316 g/mol. The molecule has 1 N–H and O–H groups in total. The standard InChI is InChI=1S/C24H30N2/c1-2-9-21(10-3-1)26-15-13-24(14-16-26)17-20(24)18-25-23-12-6-8-19-7-4-5-11-22(19)23/h1-5,7,9-11,20,23,25H,6,8,12-18H2. The molecule has 2 unspecified atom stereocenters. The summed E-state index contributed by atoms with van der Waals surface area (Å²) in [7, 11) is 0. The summed E-state index contributed by atoms with van der Waals surface area (Å²) in [5, 5.41) is 3.94. The first kappa shape index (κ1) is 16.4. The lowest BCUT2D eigenvalue weighted by molar-refractivity contribution is 0.333. The Hall–Kier alpha value is -1.80. The van der Waals surface area contributed by atoms with Crippen molar-refractivity contribution in [2.75, 3.05) is 24.5 Å². The molecule has 1 heterocycles. The van der Waals surface area contributed by atoms with Crippen molar-refractivity contribution in [2.45, 2.75) is 44.6 Å². The molecule has 0 amide bonds. The molecule has 2 fully saturated rings. The minimum atomic E-state index is 0.585. The summed E-state index contributed by atoms with van der Waals surface area (Å²) in [6.45, 7) is 3.67. The van der Waals surface area contributed by atoms with Gasteiger partial charge in [0.1, 0.15) is 0 Å². The van der Waals surface area contributed by atoms with Gasteiger partial charge in [-0.1, -0.05) is 42.5 Å². The first-order valence-corrected chi connectivity index (χ1v) is 10.5. The predicted octanol–water partition coefficient (Wildman–Crippen LogP) is 4.96. The Bertz CT molecular complexity index is 746. The molecule has 0 aromatic heterocycles. The highest BCUT2D eigenvalue weighted by molar-refractivity contribution is 5.46. The van der Waals surface area contributed by atoms with E-state index in [4.69, 9.17) is 0 Å². The van der Waals surface area contributed by atoms with Crippen LogP contribution < -0.4 is 10.2 Å². The second-order valence-corrected chi connectivity index (χ2v) is 8.64. The van der Waals surface area contributed by atoms with Crippen molar-refractivity contribution in [3.8, 4) is 0 Å². The van der Waals surface area contributed by atoms with Crippen LogP contribution in [0, 0.1) is 11.3 Å². The van der Waals surface area contributed by atoms with E-state index in [-0.39, 0.29) is 0 Å². The fourth-order valence-electron chi connectivity index (χ4n) is 5.43. The van der Waals surface area contributed by atoms with Gasteiger partial charge in [-0.05, 0) is 79.7 Å². The minimum Gasteiger partial charge on any atom is -0.371 e. The molecular formula is C24H30N2. The molecule has 1 saturated heterocycles. The molecule has 1 saturated carbocycles. The Morgan fingerprint density at radius 3 is 2.58 bits per heavy atom. The van der Waals surface area contributed by atoms with Gasteiger partial charge in [-0.2, -0.15) is 0 Å². The molecule has 2 aromatic carbocycles. The number of piperidine rings is 1. The molecule has 2 aromatic rings. The fraction of sp³-hybridized carbons (Fsp3) is 0.500. The zero-order valence-corrected chi connectivity index (χ0v) is 15.7. The predicted molar refractivity (Wildman–Crippen MR) is 109 cm³/mol. The Balaban J connectivity index is 1.16. The van der Waals surface area contributed by atoms with Crippen LogP contribution in [-0.4, -0.2) is 19.6 Å². The smallest absolute Gasteiger partial charge is 0.0366 e. The second-order valence-electron chi connectivity index (χ2n) is 8.64. The van der Waals surface area contributed by atoms with Gasteiger partial charge in [0, 0.05) is 24.8 Å². The van der Waals surface area contributed by atoms with Crippen LogP contribution in [0.5, 0.6) is 0 Å². The summed E-state index contributed by atoms with van der Waals surface area (Å²) < 4.78 is 0. The van der Waals surface area contributed by atoms with E-state index < -0.39 is 0 Å². The van der Waals surface area contributed by atoms with Crippen LogP contribution in [0.3, 0.4) is 0 Å². The number of nitrogens with zero attached hydrogens (tertiary/aromatic N) is 1. The van der Waals surface area contributed by atoms with E-state index >= 15 is 0 Å². The highest BCUT2D eigenvalue weighted by Gasteiger charge is 2.54. The number of aryl methyl sites for hydroxylation is 1. The van der Waals surface area contributed by atoms with Gasteiger partial charge in [-0.3, -0.25) is 0 Å². The van der Waals surface area contributed by atoms with Crippen molar-refractivity contribution in [1.82, 2.24) is 5.32 Å². The van der Waals surface area contributed by atoms with Crippen molar-refractivity contribution < 1.29 is 0 Å². The van der Waals surface area contributed by atoms with Crippen LogP contribution in [0.15, 0.2) is 54.6 Å². The number of hydrogen-bond donors (Lipinski definition) is 1. The Morgan fingerprint density at radius 1 is 0.962 bits per heavy atom. The summed E-state index contributed by atoms with van der Waals surface area (Å²) in [6.07, 6.45) is 8.08. The van der Waals surface area contributed by atoms with Gasteiger partial charge >= 0.3 is 0 Å². The topological polar surface area (TPSA) is 15.3 Å². The van der Waals surface area contributed by atoms with Gasteiger partial charge in [0.2, 0.25) is 0 Å². The van der Waals surface area contributed by atoms with Crippen molar-refractivity contribution in [3.63, 3.8) is 0 Å². The molecule has 0 bridgehead atoms. The minimum absolute atomic E-state index is 0.585. The van der Waals surface area contributed by atoms with Gasteiger partial charge in [-0.15, -0.1) is 0 Å². The lowest BCUT2D eigenvalue weighted by Crippen LogP contribution is -2.36. The molecule has 136 valence electrons. The SMILES string of the molecule is c1ccc(N2CCC3(CC2)CC3CNC2CCCc3ccccc32)cc1. The summed E-state index contributed by atoms with van der Waals surface area (Å²) >= 11 is 0. The zero-order valence-electron chi connectivity index (χ0n) is 15.7. The van der Waals surface area contributed by atoms with Crippen molar-refractivity contribution in [2.24, 2.45) is 11.3 Å². The molecule has 3 aliphatic rings.